The fraction of sp³-hybridized carbons (Fsp3) is 0.207. The van der Waals surface area contributed by atoms with Crippen molar-refractivity contribution in [3.63, 3.8) is 0 Å². The van der Waals surface area contributed by atoms with Gasteiger partial charge in [-0.1, -0.05) is 65.3 Å². The summed E-state index contributed by atoms with van der Waals surface area (Å²) in [5.41, 5.74) is 5.67. The molecule has 182 valence electrons. The van der Waals surface area contributed by atoms with Gasteiger partial charge in [0.15, 0.2) is 0 Å². The number of hydrogen-bond acceptors (Lipinski definition) is 5. The lowest BCUT2D eigenvalue weighted by Crippen LogP contribution is -2.46. The van der Waals surface area contributed by atoms with Gasteiger partial charge in [0.25, 0.3) is 5.89 Å². The van der Waals surface area contributed by atoms with Crippen LogP contribution in [0.1, 0.15) is 35.5 Å². The van der Waals surface area contributed by atoms with Crippen LogP contribution in [0.3, 0.4) is 0 Å². The van der Waals surface area contributed by atoms with Gasteiger partial charge in [0.05, 0.1) is 18.7 Å². The molecule has 4 aromatic rings. The SMILES string of the molecule is COc1ccc(-c2noc(C3=C(C)N(CCc4ccccc4)C(=O)NC3c3ccc(C)cc3)n2)cc1. The first-order chi connectivity index (χ1) is 17.5. The monoisotopic (exact) mass is 480 g/mol. The fourth-order valence-corrected chi connectivity index (χ4v) is 4.41. The van der Waals surface area contributed by atoms with Crippen LogP contribution in [-0.4, -0.2) is 34.7 Å². The van der Waals surface area contributed by atoms with E-state index < -0.39 is 6.04 Å². The molecule has 0 fully saturated rings. The van der Waals surface area contributed by atoms with E-state index >= 15 is 0 Å². The van der Waals surface area contributed by atoms with Crippen molar-refractivity contribution in [3.8, 4) is 17.1 Å². The second-order valence-corrected chi connectivity index (χ2v) is 8.83. The lowest BCUT2D eigenvalue weighted by Gasteiger charge is -2.35. The number of carbonyl (C=O) groups is 1. The number of aryl methyl sites for hydroxylation is 1. The Kier molecular flexibility index (Phi) is 6.54. The number of ether oxygens (including phenoxy) is 1. The molecule has 2 heterocycles. The second-order valence-electron chi connectivity index (χ2n) is 8.83. The normalized spacial score (nSPS) is 15.7. The Balaban J connectivity index is 1.53. The molecule has 0 saturated carbocycles. The zero-order valence-corrected chi connectivity index (χ0v) is 20.6. The summed E-state index contributed by atoms with van der Waals surface area (Å²) in [6, 6.07) is 25.2. The first-order valence-corrected chi connectivity index (χ1v) is 11.9. The van der Waals surface area contributed by atoms with Gasteiger partial charge in [0.2, 0.25) is 5.82 Å². The van der Waals surface area contributed by atoms with Crippen LogP contribution in [0, 0.1) is 6.92 Å². The second kappa shape index (κ2) is 10.1. The van der Waals surface area contributed by atoms with Crippen molar-refractivity contribution in [2.75, 3.05) is 13.7 Å². The largest absolute Gasteiger partial charge is 0.497 e. The van der Waals surface area contributed by atoms with Gasteiger partial charge in [-0.25, -0.2) is 4.79 Å². The van der Waals surface area contributed by atoms with Gasteiger partial charge in [0.1, 0.15) is 5.75 Å². The Morgan fingerprint density at radius 1 is 0.972 bits per heavy atom. The number of allylic oxidation sites excluding steroid dienone is 1. The van der Waals surface area contributed by atoms with Gasteiger partial charge >= 0.3 is 6.03 Å². The Hall–Kier alpha value is -4.39. The highest BCUT2D eigenvalue weighted by atomic mass is 16.5. The van der Waals surface area contributed by atoms with E-state index in [9.17, 15) is 4.79 Å². The van der Waals surface area contributed by atoms with Crippen molar-refractivity contribution < 1.29 is 14.1 Å². The Labute approximate surface area is 210 Å². The molecule has 1 aromatic heterocycles. The summed E-state index contributed by atoms with van der Waals surface area (Å²) >= 11 is 0. The number of benzene rings is 3. The number of hydrogen-bond donors (Lipinski definition) is 1. The molecule has 1 aliphatic heterocycles. The molecule has 0 spiro atoms. The summed E-state index contributed by atoms with van der Waals surface area (Å²) in [6.45, 7) is 4.51. The molecule has 1 aliphatic rings. The van der Waals surface area contributed by atoms with Crippen LogP contribution in [0.2, 0.25) is 0 Å². The van der Waals surface area contributed by atoms with E-state index in [-0.39, 0.29) is 6.03 Å². The summed E-state index contributed by atoms with van der Waals surface area (Å²) in [7, 11) is 1.63. The van der Waals surface area contributed by atoms with Crippen LogP contribution in [0.15, 0.2) is 89.1 Å². The lowest BCUT2D eigenvalue weighted by atomic mass is 9.94. The number of nitrogens with zero attached hydrogens (tertiary/aromatic N) is 3. The first kappa shape index (κ1) is 23.4. The number of amides is 2. The van der Waals surface area contributed by atoms with Crippen LogP contribution in [-0.2, 0) is 6.42 Å². The average Bonchev–Trinajstić information content (AvgIpc) is 3.39. The minimum Gasteiger partial charge on any atom is -0.497 e. The third kappa shape index (κ3) is 4.73. The van der Waals surface area contributed by atoms with Gasteiger partial charge in [-0.3, -0.25) is 4.90 Å². The summed E-state index contributed by atoms with van der Waals surface area (Å²) in [4.78, 5) is 19.7. The third-order valence-electron chi connectivity index (χ3n) is 6.48. The molecule has 7 heteroatoms. The molecular formula is C29H28N4O3. The number of nitrogens with one attached hydrogen (secondary N) is 1. The molecule has 1 atom stereocenters. The Morgan fingerprint density at radius 3 is 2.39 bits per heavy atom. The Bertz CT molecular complexity index is 1380. The number of aromatic nitrogens is 2. The highest BCUT2D eigenvalue weighted by Gasteiger charge is 2.35. The molecule has 1 N–H and O–H groups in total. The molecule has 2 amide bonds. The highest BCUT2D eigenvalue weighted by molar-refractivity contribution is 5.87. The molecule has 3 aromatic carbocycles. The van der Waals surface area contributed by atoms with Crippen molar-refractivity contribution in [3.05, 3.63) is 107 Å². The molecule has 7 nitrogen and oxygen atoms in total. The fourth-order valence-electron chi connectivity index (χ4n) is 4.41. The maximum Gasteiger partial charge on any atom is 0.322 e. The zero-order valence-electron chi connectivity index (χ0n) is 20.6. The molecule has 0 bridgehead atoms. The van der Waals surface area contributed by atoms with Gasteiger partial charge in [0, 0.05) is 17.8 Å². The molecule has 5 rings (SSSR count). The minimum absolute atomic E-state index is 0.146. The van der Waals surface area contributed by atoms with Gasteiger partial charge in [-0.15, -0.1) is 0 Å². The highest BCUT2D eigenvalue weighted by Crippen LogP contribution is 2.37. The predicted octanol–water partition coefficient (Wildman–Crippen LogP) is 5.79. The minimum atomic E-state index is -0.407. The number of methoxy groups -OCH3 is 1. The average molecular weight is 481 g/mol. The molecule has 36 heavy (non-hydrogen) atoms. The van der Waals surface area contributed by atoms with Crippen molar-refractivity contribution >= 4 is 11.6 Å². The topological polar surface area (TPSA) is 80.5 Å². The summed E-state index contributed by atoms with van der Waals surface area (Å²) in [5.74, 6) is 1.61. The van der Waals surface area contributed by atoms with Crippen molar-refractivity contribution in [2.24, 2.45) is 0 Å². The summed E-state index contributed by atoms with van der Waals surface area (Å²) in [5, 5.41) is 7.41. The maximum atomic E-state index is 13.2. The smallest absolute Gasteiger partial charge is 0.322 e. The summed E-state index contributed by atoms with van der Waals surface area (Å²) < 4.78 is 11.0. The quantitative estimate of drug-likeness (QED) is 0.362. The molecule has 1 unspecified atom stereocenters. The standard InChI is InChI=1S/C29H28N4O3/c1-19-9-11-22(12-10-19)26-25(28-31-27(32-36-28)23-13-15-24(35-3)16-14-23)20(2)33(29(34)30-26)18-17-21-7-5-4-6-8-21/h4-16,26H,17-18H2,1-3H3,(H,30,34). The molecule has 0 aliphatic carbocycles. The molecule has 0 radical (unpaired) electrons. The van der Waals surface area contributed by atoms with E-state index in [0.29, 0.717) is 18.3 Å². The van der Waals surface area contributed by atoms with Crippen LogP contribution >= 0.6 is 0 Å². The number of urea groups is 1. The van der Waals surface area contributed by atoms with E-state index in [1.54, 1.807) is 12.0 Å². The lowest BCUT2D eigenvalue weighted by molar-refractivity contribution is 0.205. The van der Waals surface area contributed by atoms with Crippen LogP contribution in [0.25, 0.3) is 17.0 Å². The van der Waals surface area contributed by atoms with E-state index in [2.05, 4.69) is 22.6 Å². The first-order valence-electron chi connectivity index (χ1n) is 11.9. The van der Waals surface area contributed by atoms with E-state index in [1.807, 2.05) is 80.6 Å². The van der Waals surface area contributed by atoms with E-state index in [4.69, 9.17) is 14.2 Å². The van der Waals surface area contributed by atoms with Crippen LogP contribution in [0.5, 0.6) is 5.75 Å². The van der Waals surface area contributed by atoms with E-state index in [0.717, 1.165) is 40.1 Å². The van der Waals surface area contributed by atoms with Crippen molar-refractivity contribution in [1.82, 2.24) is 20.4 Å². The van der Waals surface area contributed by atoms with Gasteiger partial charge in [-0.05, 0) is 55.7 Å². The predicted molar refractivity (Wildman–Crippen MR) is 138 cm³/mol. The van der Waals surface area contributed by atoms with Crippen molar-refractivity contribution in [2.45, 2.75) is 26.3 Å². The molecule has 0 saturated heterocycles. The summed E-state index contributed by atoms with van der Waals surface area (Å²) in [6.07, 6.45) is 0.731. The number of carbonyl (C=O) groups excluding carboxylic acids is 1. The maximum absolute atomic E-state index is 13.2. The zero-order chi connectivity index (χ0) is 25.1. The number of rotatable bonds is 7. The van der Waals surface area contributed by atoms with Gasteiger partial charge in [-0.2, -0.15) is 4.98 Å². The van der Waals surface area contributed by atoms with Crippen molar-refractivity contribution in [1.29, 1.82) is 0 Å². The third-order valence-corrected chi connectivity index (χ3v) is 6.48. The van der Waals surface area contributed by atoms with Crippen LogP contribution in [0.4, 0.5) is 4.79 Å². The van der Waals surface area contributed by atoms with Crippen LogP contribution < -0.4 is 10.1 Å². The van der Waals surface area contributed by atoms with Gasteiger partial charge < -0.3 is 14.6 Å². The van der Waals surface area contributed by atoms with E-state index in [1.165, 1.54) is 5.56 Å². The molecular weight excluding hydrogens is 452 g/mol. The Morgan fingerprint density at radius 2 is 1.69 bits per heavy atom.